The molecule has 1 spiro atoms. The highest BCUT2D eigenvalue weighted by Crippen LogP contribution is 2.52. The molecule has 5 heteroatoms. The summed E-state index contributed by atoms with van der Waals surface area (Å²) in [6.45, 7) is 10.1. The van der Waals surface area contributed by atoms with Crippen molar-refractivity contribution in [2.24, 2.45) is 23.2 Å². The molecular weight excluding hydrogens is 304 g/mol. The number of hydrogen-bond donors (Lipinski definition) is 0. The zero-order valence-electron chi connectivity index (χ0n) is 15.4. The molecule has 5 nitrogen and oxygen atoms in total. The molecule has 3 aliphatic heterocycles. The number of methoxy groups -OCH3 is 1. The van der Waals surface area contributed by atoms with Crippen molar-refractivity contribution in [3.63, 3.8) is 0 Å². The Morgan fingerprint density at radius 2 is 1.92 bits per heavy atom. The molecule has 0 aromatic carbocycles. The lowest BCUT2D eigenvalue weighted by molar-refractivity contribution is -0.136. The van der Waals surface area contributed by atoms with E-state index in [1.54, 1.807) is 7.11 Å². The maximum atomic E-state index is 12.8. The Labute approximate surface area is 145 Å². The Balaban J connectivity index is 1.35. The van der Waals surface area contributed by atoms with E-state index in [0.29, 0.717) is 35.2 Å². The first-order valence-corrected chi connectivity index (χ1v) is 9.66. The van der Waals surface area contributed by atoms with Crippen molar-refractivity contribution >= 4 is 5.91 Å². The number of piperidine rings is 1. The Bertz CT molecular complexity index is 477. The summed E-state index contributed by atoms with van der Waals surface area (Å²) in [5, 5.41) is 0. The van der Waals surface area contributed by atoms with E-state index in [0.717, 1.165) is 45.8 Å². The van der Waals surface area contributed by atoms with E-state index >= 15 is 0 Å². The summed E-state index contributed by atoms with van der Waals surface area (Å²) in [6, 6.07) is 1.10. The van der Waals surface area contributed by atoms with Crippen molar-refractivity contribution in [2.45, 2.75) is 45.2 Å². The second kappa shape index (κ2) is 6.26. The summed E-state index contributed by atoms with van der Waals surface area (Å²) in [5.74, 6) is 1.75. The smallest absolute Gasteiger partial charge is 0.226 e. The van der Waals surface area contributed by atoms with Crippen molar-refractivity contribution in [3.05, 3.63) is 0 Å². The largest absolute Gasteiger partial charge is 0.383 e. The van der Waals surface area contributed by atoms with Crippen LogP contribution >= 0.6 is 0 Å². The number of hydrogen-bond acceptors (Lipinski definition) is 4. The Morgan fingerprint density at radius 1 is 1.25 bits per heavy atom. The lowest BCUT2D eigenvalue weighted by Crippen LogP contribution is -2.45. The van der Waals surface area contributed by atoms with Gasteiger partial charge in [-0.15, -0.1) is 0 Å². The lowest BCUT2D eigenvalue weighted by Gasteiger charge is -2.40. The van der Waals surface area contributed by atoms with Crippen LogP contribution in [0.4, 0.5) is 0 Å². The van der Waals surface area contributed by atoms with Crippen molar-refractivity contribution in [1.82, 2.24) is 9.80 Å². The van der Waals surface area contributed by atoms with Crippen LogP contribution in [0, 0.1) is 23.2 Å². The molecule has 4 rings (SSSR count). The van der Waals surface area contributed by atoms with Gasteiger partial charge in [-0.1, -0.05) is 0 Å². The van der Waals surface area contributed by atoms with Gasteiger partial charge in [0.15, 0.2) is 0 Å². The van der Waals surface area contributed by atoms with Gasteiger partial charge in [0, 0.05) is 44.7 Å². The molecule has 1 aliphatic carbocycles. The number of ether oxygens (including phenoxy) is 2. The molecule has 4 aliphatic rings. The fraction of sp³-hybridized carbons (Fsp3) is 0.947. The summed E-state index contributed by atoms with van der Waals surface area (Å²) >= 11 is 0. The second-order valence-electron chi connectivity index (χ2n) is 8.80. The third kappa shape index (κ3) is 2.78. The third-order valence-corrected chi connectivity index (χ3v) is 7.05. The van der Waals surface area contributed by atoms with E-state index in [9.17, 15) is 4.79 Å². The predicted octanol–water partition coefficient (Wildman–Crippen LogP) is 1.62. The lowest BCUT2D eigenvalue weighted by atomic mass is 9.76. The molecule has 1 amide bonds. The topological polar surface area (TPSA) is 42.0 Å². The third-order valence-electron chi connectivity index (χ3n) is 7.05. The highest BCUT2D eigenvalue weighted by atomic mass is 16.5. The molecular formula is C19H32N2O3. The number of nitrogens with zero attached hydrogens (tertiary/aromatic N) is 2. The minimum absolute atomic E-state index is 0.282. The first-order valence-electron chi connectivity index (χ1n) is 9.66. The van der Waals surface area contributed by atoms with Crippen LogP contribution in [-0.2, 0) is 14.3 Å². The standard InChI is InChI=1S/C19H32N2O3/c1-13(2)21-12-19(8-14(21)9-23-3)4-6-20(7-5-19)18(22)17-15-10-24-11-16(15)17/h13-17H,4-12H2,1-3H3/t14?,15-,16+,17?. The highest BCUT2D eigenvalue weighted by Gasteiger charge is 2.59. The molecule has 1 saturated carbocycles. The van der Waals surface area contributed by atoms with Gasteiger partial charge in [-0.3, -0.25) is 9.69 Å². The van der Waals surface area contributed by atoms with Crippen molar-refractivity contribution in [1.29, 1.82) is 0 Å². The van der Waals surface area contributed by atoms with Crippen LogP contribution in [0.1, 0.15) is 33.1 Å². The molecule has 4 fully saturated rings. The van der Waals surface area contributed by atoms with Crippen molar-refractivity contribution in [3.8, 4) is 0 Å². The average molecular weight is 336 g/mol. The van der Waals surface area contributed by atoms with Gasteiger partial charge >= 0.3 is 0 Å². The molecule has 0 radical (unpaired) electrons. The first kappa shape index (κ1) is 16.8. The number of likely N-dealkylation sites (tertiary alicyclic amines) is 2. The maximum Gasteiger partial charge on any atom is 0.226 e. The minimum Gasteiger partial charge on any atom is -0.383 e. The number of carbonyl (C=O) groups excluding carboxylic acids is 1. The summed E-state index contributed by atoms with van der Waals surface area (Å²) in [5.41, 5.74) is 0.396. The van der Waals surface area contributed by atoms with Gasteiger partial charge in [0.1, 0.15) is 0 Å². The molecule has 3 saturated heterocycles. The number of amides is 1. The monoisotopic (exact) mass is 336 g/mol. The Kier molecular flexibility index (Phi) is 4.38. The van der Waals surface area contributed by atoms with Gasteiger partial charge in [0.05, 0.1) is 19.8 Å². The van der Waals surface area contributed by atoms with Gasteiger partial charge in [0.25, 0.3) is 0 Å². The molecule has 0 N–H and O–H groups in total. The predicted molar refractivity (Wildman–Crippen MR) is 91.7 cm³/mol. The zero-order valence-corrected chi connectivity index (χ0v) is 15.4. The van der Waals surface area contributed by atoms with E-state index in [-0.39, 0.29) is 5.92 Å². The first-order chi connectivity index (χ1) is 11.5. The van der Waals surface area contributed by atoms with Crippen LogP contribution in [0.5, 0.6) is 0 Å². The van der Waals surface area contributed by atoms with Crippen LogP contribution in [0.15, 0.2) is 0 Å². The van der Waals surface area contributed by atoms with E-state index in [2.05, 4.69) is 23.6 Å². The van der Waals surface area contributed by atoms with E-state index in [1.165, 1.54) is 13.0 Å². The Hall–Kier alpha value is -0.650. The quantitative estimate of drug-likeness (QED) is 0.782. The SMILES string of the molecule is COCC1CC2(CCN(C(=O)C3[C@H]4COC[C@@H]34)CC2)CN1C(C)C. The van der Waals surface area contributed by atoms with E-state index < -0.39 is 0 Å². The molecule has 3 heterocycles. The van der Waals surface area contributed by atoms with Crippen LogP contribution in [0.3, 0.4) is 0 Å². The van der Waals surface area contributed by atoms with Crippen LogP contribution in [-0.4, -0.2) is 74.4 Å². The summed E-state index contributed by atoms with van der Waals surface area (Å²) in [7, 11) is 1.81. The van der Waals surface area contributed by atoms with Crippen LogP contribution in [0.25, 0.3) is 0 Å². The summed E-state index contributed by atoms with van der Waals surface area (Å²) in [6.07, 6.45) is 3.53. The van der Waals surface area contributed by atoms with E-state index in [4.69, 9.17) is 9.47 Å². The van der Waals surface area contributed by atoms with Gasteiger partial charge in [0.2, 0.25) is 5.91 Å². The van der Waals surface area contributed by atoms with Crippen LogP contribution < -0.4 is 0 Å². The molecule has 0 aromatic rings. The van der Waals surface area contributed by atoms with Gasteiger partial charge < -0.3 is 14.4 Å². The molecule has 0 bridgehead atoms. The fourth-order valence-corrected chi connectivity index (χ4v) is 5.53. The number of fused-ring (bicyclic) bond motifs is 1. The summed E-state index contributed by atoms with van der Waals surface area (Å²) < 4.78 is 10.9. The van der Waals surface area contributed by atoms with Crippen molar-refractivity contribution < 1.29 is 14.3 Å². The molecule has 4 atom stereocenters. The molecule has 136 valence electrons. The van der Waals surface area contributed by atoms with Gasteiger partial charge in [-0.25, -0.2) is 0 Å². The molecule has 0 aromatic heterocycles. The average Bonchev–Trinajstić information content (AvgIpc) is 2.90. The zero-order chi connectivity index (χ0) is 16.9. The van der Waals surface area contributed by atoms with Crippen molar-refractivity contribution in [2.75, 3.05) is 46.6 Å². The minimum atomic E-state index is 0.282. The summed E-state index contributed by atoms with van der Waals surface area (Å²) in [4.78, 5) is 17.5. The Morgan fingerprint density at radius 3 is 2.50 bits per heavy atom. The second-order valence-corrected chi connectivity index (χ2v) is 8.80. The highest BCUT2D eigenvalue weighted by molar-refractivity contribution is 5.82. The van der Waals surface area contributed by atoms with Crippen LogP contribution in [0.2, 0.25) is 0 Å². The fourth-order valence-electron chi connectivity index (χ4n) is 5.53. The van der Waals surface area contributed by atoms with Gasteiger partial charge in [-0.05, 0) is 50.4 Å². The molecule has 24 heavy (non-hydrogen) atoms. The van der Waals surface area contributed by atoms with Gasteiger partial charge in [-0.2, -0.15) is 0 Å². The molecule has 2 unspecified atom stereocenters. The normalized spacial score (nSPS) is 38.1. The number of rotatable bonds is 4. The number of carbonyl (C=O) groups is 1. The van der Waals surface area contributed by atoms with E-state index in [1.807, 2.05) is 0 Å². The maximum absolute atomic E-state index is 12.8.